The predicted molar refractivity (Wildman–Crippen MR) is 101 cm³/mol. The quantitative estimate of drug-likeness (QED) is 0.483. The van der Waals surface area contributed by atoms with Crippen molar-refractivity contribution in [2.24, 2.45) is 0 Å². The van der Waals surface area contributed by atoms with Crippen molar-refractivity contribution in [1.29, 1.82) is 0 Å². The number of ether oxygens (including phenoxy) is 2. The third kappa shape index (κ3) is 5.04. The summed E-state index contributed by atoms with van der Waals surface area (Å²) in [5, 5.41) is 7.74. The first kappa shape index (κ1) is 20.6. The Morgan fingerprint density at radius 2 is 1.83 bits per heavy atom. The summed E-state index contributed by atoms with van der Waals surface area (Å²) in [5.41, 5.74) is -0.331. The minimum atomic E-state index is -1.16. The fourth-order valence-electron chi connectivity index (χ4n) is 3.57. The van der Waals surface area contributed by atoms with Gasteiger partial charge in [-0.2, -0.15) is 0 Å². The van der Waals surface area contributed by atoms with Crippen LogP contribution in [0.4, 0.5) is 4.79 Å². The standard InChI is InChI=1S/C20H25N3O6/c1-13(24)29-17-15(16(25)22-17)21-18(26)20(10-6-3-7-11-20)23-19(27)28-12-14-8-4-2-5-9-14/h2,4-5,8-9,15,17H,3,6-7,10-12H2,1H3,(H,21,26)(H,22,25)(H,23,27). The highest BCUT2D eigenvalue weighted by atomic mass is 16.6. The number of nitrogens with one attached hydrogen (secondary N) is 3. The number of alkyl carbamates (subject to hydrolysis) is 1. The van der Waals surface area contributed by atoms with Crippen LogP contribution in [-0.2, 0) is 30.5 Å². The molecule has 1 saturated heterocycles. The summed E-state index contributed by atoms with van der Waals surface area (Å²) in [4.78, 5) is 48.3. The molecule has 3 rings (SSSR count). The van der Waals surface area contributed by atoms with Gasteiger partial charge >= 0.3 is 12.1 Å². The van der Waals surface area contributed by atoms with Crippen molar-refractivity contribution in [2.45, 2.75) is 63.4 Å². The lowest BCUT2D eigenvalue weighted by atomic mass is 9.80. The highest BCUT2D eigenvalue weighted by Gasteiger charge is 2.48. The van der Waals surface area contributed by atoms with Gasteiger partial charge in [-0.1, -0.05) is 49.6 Å². The lowest BCUT2D eigenvalue weighted by Crippen LogP contribution is -2.73. The van der Waals surface area contributed by atoms with Crippen molar-refractivity contribution >= 4 is 23.9 Å². The summed E-state index contributed by atoms with van der Waals surface area (Å²) in [6, 6.07) is 8.24. The molecule has 9 nitrogen and oxygen atoms in total. The van der Waals surface area contributed by atoms with Gasteiger partial charge in [0.15, 0.2) is 6.04 Å². The van der Waals surface area contributed by atoms with Gasteiger partial charge in [0.2, 0.25) is 12.1 Å². The van der Waals surface area contributed by atoms with Crippen molar-refractivity contribution in [3.8, 4) is 0 Å². The van der Waals surface area contributed by atoms with Gasteiger partial charge in [-0.15, -0.1) is 0 Å². The van der Waals surface area contributed by atoms with Crippen molar-refractivity contribution in [1.82, 2.24) is 16.0 Å². The Bertz CT molecular complexity index is 776. The Labute approximate surface area is 168 Å². The fraction of sp³-hybridized carbons (Fsp3) is 0.500. The number of hydrogen-bond donors (Lipinski definition) is 3. The smallest absolute Gasteiger partial charge is 0.408 e. The molecule has 0 aromatic heterocycles. The van der Waals surface area contributed by atoms with Gasteiger partial charge in [0, 0.05) is 6.92 Å². The molecule has 3 N–H and O–H groups in total. The van der Waals surface area contributed by atoms with E-state index in [4.69, 9.17) is 9.47 Å². The molecule has 9 heteroatoms. The summed E-state index contributed by atoms with van der Waals surface area (Å²) in [6.07, 6.45) is 1.75. The minimum Gasteiger partial charge on any atom is -0.445 e. The maximum atomic E-state index is 13.0. The lowest BCUT2D eigenvalue weighted by Gasteiger charge is -2.40. The van der Waals surface area contributed by atoms with E-state index in [1.807, 2.05) is 30.3 Å². The van der Waals surface area contributed by atoms with Crippen molar-refractivity contribution in [3.05, 3.63) is 35.9 Å². The van der Waals surface area contributed by atoms with Gasteiger partial charge < -0.3 is 25.4 Å². The molecule has 1 saturated carbocycles. The lowest BCUT2D eigenvalue weighted by molar-refractivity contribution is -0.165. The van der Waals surface area contributed by atoms with Crippen LogP contribution in [0.1, 0.15) is 44.6 Å². The van der Waals surface area contributed by atoms with E-state index in [1.165, 1.54) is 6.92 Å². The molecule has 2 atom stereocenters. The molecule has 2 unspecified atom stereocenters. The summed E-state index contributed by atoms with van der Waals surface area (Å²) >= 11 is 0. The van der Waals surface area contributed by atoms with Crippen LogP contribution in [0.15, 0.2) is 30.3 Å². The summed E-state index contributed by atoms with van der Waals surface area (Å²) < 4.78 is 10.2. The third-order valence-corrected chi connectivity index (χ3v) is 5.15. The van der Waals surface area contributed by atoms with Gasteiger partial charge in [-0.05, 0) is 18.4 Å². The first-order chi connectivity index (χ1) is 13.9. The van der Waals surface area contributed by atoms with Crippen molar-refractivity contribution in [2.75, 3.05) is 0 Å². The second-order valence-electron chi connectivity index (χ2n) is 7.32. The number of esters is 1. The summed E-state index contributed by atoms with van der Waals surface area (Å²) in [5.74, 6) is -1.49. The fourth-order valence-corrected chi connectivity index (χ4v) is 3.57. The molecule has 1 aliphatic heterocycles. The number of carbonyl (C=O) groups is 4. The maximum absolute atomic E-state index is 13.0. The molecule has 1 heterocycles. The highest BCUT2D eigenvalue weighted by molar-refractivity contribution is 5.97. The summed E-state index contributed by atoms with van der Waals surface area (Å²) in [6.45, 7) is 1.31. The topological polar surface area (TPSA) is 123 Å². The number of hydrogen-bond acceptors (Lipinski definition) is 6. The van der Waals surface area contributed by atoms with E-state index in [0.29, 0.717) is 12.8 Å². The molecule has 1 aromatic carbocycles. The zero-order valence-corrected chi connectivity index (χ0v) is 16.2. The van der Waals surface area contributed by atoms with Crippen LogP contribution in [0.3, 0.4) is 0 Å². The Morgan fingerprint density at radius 1 is 1.14 bits per heavy atom. The van der Waals surface area contributed by atoms with Gasteiger partial charge in [-0.25, -0.2) is 4.79 Å². The number of benzene rings is 1. The van der Waals surface area contributed by atoms with E-state index < -0.39 is 41.7 Å². The van der Waals surface area contributed by atoms with Gasteiger partial charge in [0.25, 0.3) is 5.91 Å². The number of amides is 3. The highest BCUT2D eigenvalue weighted by Crippen LogP contribution is 2.29. The van der Waals surface area contributed by atoms with E-state index in [-0.39, 0.29) is 6.61 Å². The third-order valence-electron chi connectivity index (χ3n) is 5.15. The van der Waals surface area contributed by atoms with Gasteiger partial charge in [-0.3, -0.25) is 14.4 Å². The molecule has 156 valence electrons. The second-order valence-corrected chi connectivity index (χ2v) is 7.32. The van der Waals surface area contributed by atoms with Crippen LogP contribution in [0.5, 0.6) is 0 Å². The SMILES string of the molecule is CC(=O)OC1NC(=O)C1NC(=O)C1(NC(=O)OCc2ccccc2)CCCCC1. The summed E-state index contributed by atoms with van der Waals surface area (Å²) in [7, 11) is 0. The zero-order chi connectivity index (χ0) is 20.9. The Hall–Kier alpha value is -3.10. The molecule has 2 fully saturated rings. The Kier molecular flexibility index (Phi) is 6.36. The van der Waals surface area contributed by atoms with E-state index in [9.17, 15) is 19.2 Å². The molecular weight excluding hydrogens is 378 g/mol. The van der Waals surface area contributed by atoms with Gasteiger partial charge in [0.1, 0.15) is 12.1 Å². The predicted octanol–water partition coefficient (Wildman–Crippen LogP) is 1.12. The van der Waals surface area contributed by atoms with Crippen LogP contribution in [-0.4, -0.2) is 41.7 Å². The van der Waals surface area contributed by atoms with Crippen LogP contribution >= 0.6 is 0 Å². The molecule has 2 aliphatic rings. The number of β-lactam (4-membered cyclic amide) rings is 1. The largest absolute Gasteiger partial charge is 0.445 e. The van der Waals surface area contributed by atoms with E-state index >= 15 is 0 Å². The maximum Gasteiger partial charge on any atom is 0.408 e. The van der Waals surface area contributed by atoms with Crippen LogP contribution in [0, 0.1) is 0 Å². The Morgan fingerprint density at radius 3 is 2.45 bits per heavy atom. The molecule has 29 heavy (non-hydrogen) atoms. The van der Waals surface area contributed by atoms with E-state index in [1.54, 1.807) is 0 Å². The molecule has 0 spiro atoms. The van der Waals surface area contributed by atoms with Crippen LogP contribution < -0.4 is 16.0 Å². The van der Waals surface area contributed by atoms with E-state index in [0.717, 1.165) is 24.8 Å². The molecule has 1 aromatic rings. The monoisotopic (exact) mass is 403 g/mol. The average molecular weight is 403 g/mol. The van der Waals surface area contributed by atoms with E-state index in [2.05, 4.69) is 16.0 Å². The van der Waals surface area contributed by atoms with Crippen molar-refractivity contribution in [3.63, 3.8) is 0 Å². The zero-order valence-electron chi connectivity index (χ0n) is 16.2. The second kappa shape index (κ2) is 8.93. The number of carbonyl (C=O) groups excluding carboxylic acids is 4. The molecular formula is C20H25N3O6. The van der Waals surface area contributed by atoms with Crippen LogP contribution in [0.2, 0.25) is 0 Å². The first-order valence-electron chi connectivity index (χ1n) is 9.67. The van der Waals surface area contributed by atoms with Gasteiger partial charge in [0.05, 0.1) is 0 Å². The van der Waals surface area contributed by atoms with Crippen LogP contribution in [0.25, 0.3) is 0 Å². The number of rotatable bonds is 6. The minimum absolute atomic E-state index is 0.0872. The normalized spacial score (nSPS) is 22.4. The molecule has 0 radical (unpaired) electrons. The average Bonchev–Trinajstić information content (AvgIpc) is 2.71. The molecule has 3 amide bonds. The first-order valence-corrected chi connectivity index (χ1v) is 9.67. The van der Waals surface area contributed by atoms with Crippen molar-refractivity contribution < 1.29 is 28.7 Å². The molecule has 1 aliphatic carbocycles. The Balaban J connectivity index is 1.62. The molecule has 0 bridgehead atoms.